The maximum absolute atomic E-state index is 11.3. The molecule has 0 spiro atoms. The number of methoxy groups -OCH3 is 4. The summed E-state index contributed by atoms with van der Waals surface area (Å²) in [6, 6.07) is 8.68. The minimum absolute atomic E-state index is 0.0130. The maximum atomic E-state index is 11.3. The molecular weight excluding hydrogens is 376 g/mol. The van der Waals surface area contributed by atoms with Crippen LogP contribution in [-0.4, -0.2) is 46.0 Å². The second-order valence-electron chi connectivity index (χ2n) is 5.85. The quantitative estimate of drug-likeness (QED) is 0.475. The van der Waals surface area contributed by atoms with Crippen LogP contribution >= 0.6 is 0 Å². The van der Waals surface area contributed by atoms with Gasteiger partial charge in [0, 0.05) is 19.8 Å². The normalized spacial score (nSPS) is 10.5. The lowest BCUT2D eigenvalue weighted by Gasteiger charge is -2.22. The van der Waals surface area contributed by atoms with Crippen molar-refractivity contribution in [1.82, 2.24) is 0 Å². The van der Waals surface area contributed by atoms with E-state index in [0.29, 0.717) is 39.5 Å². The zero-order valence-corrected chi connectivity index (χ0v) is 16.9. The Morgan fingerprint density at radius 3 is 2.24 bits per heavy atom. The standard InChI is InChI=1S/C22H24O7/c1-7-14-12-17(29-22(27-5)28-6)19(25-3)20(26-4)18(14)16-10-8-9-15(11-16)13(2)21(23)24/h7-12,22H,1-2H2,3-6H3,(H,23,24). The Labute approximate surface area is 169 Å². The highest BCUT2D eigenvalue weighted by molar-refractivity contribution is 6.14. The first-order valence-corrected chi connectivity index (χ1v) is 8.58. The van der Waals surface area contributed by atoms with Crippen molar-refractivity contribution in [3.8, 4) is 28.4 Å². The van der Waals surface area contributed by atoms with Crippen LogP contribution in [0.3, 0.4) is 0 Å². The highest BCUT2D eigenvalue weighted by Crippen LogP contribution is 2.47. The molecule has 2 rings (SSSR count). The number of aliphatic carboxylic acids is 1. The van der Waals surface area contributed by atoms with Crippen molar-refractivity contribution in [2.24, 2.45) is 0 Å². The highest BCUT2D eigenvalue weighted by atomic mass is 16.8. The highest BCUT2D eigenvalue weighted by Gasteiger charge is 2.23. The van der Waals surface area contributed by atoms with E-state index in [9.17, 15) is 9.90 Å². The minimum Gasteiger partial charge on any atom is -0.492 e. The summed E-state index contributed by atoms with van der Waals surface area (Å²) in [4.78, 5) is 11.3. The predicted molar refractivity (Wildman–Crippen MR) is 110 cm³/mol. The van der Waals surface area contributed by atoms with Crippen LogP contribution < -0.4 is 14.2 Å². The molecule has 0 aliphatic rings. The van der Waals surface area contributed by atoms with Gasteiger partial charge in [0.15, 0.2) is 11.5 Å². The molecule has 0 radical (unpaired) electrons. The fourth-order valence-electron chi connectivity index (χ4n) is 2.85. The minimum atomic E-state index is -1.09. The average Bonchev–Trinajstić information content (AvgIpc) is 2.75. The van der Waals surface area contributed by atoms with E-state index in [-0.39, 0.29) is 5.57 Å². The third-order valence-electron chi connectivity index (χ3n) is 4.23. The van der Waals surface area contributed by atoms with Crippen molar-refractivity contribution in [3.63, 3.8) is 0 Å². The summed E-state index contributed by atoms with van der Waals surface area (Å²) in [6.45, 7) is 6.54. The second-order valence-corrected chi connectivity index (χ2v) is 5.85. The molecule has 0 atom stereocenters. The summed E-state index contributed by atoms with van der Waals surface area (Å²) in [5, 5.41) is 9.25. The van der Waals surface area contributed by atoms with Crippen LogP contribution in [0, 0.1) is 0 Å². The summed E-state index contributed by atoms with van der Waals surface area (Å²) in [5.41, 5.74) is 2.52. The van der Waals surface area contributed by atoms with Gasteiger partial charge in [-0.05, 0) is 28.8 Å². The summed E-state index contributed by atoms with van der Waals surface area (Å²) >= 11 is 0. The first kappa shape index (κ1) is 22.0. The Morgan fingerprint density at radius 1 is 1.07 bits per heavy atom. The van der Waals surface area contributed by atoms with E-state index in [1.165, 1.54) is 28.4 Å². The summed E-state index contributed by atoms with van der Waals surface area (Å²) < 4.78 is 27.1. The Balaban J connectivity index is 2.72. The molecule has 0 aliphatic heterocycles. The number of hydrogen-bond donors (Lipinski definition) is 1. The van der Waals surface area contributed by atoms with E-state index >= 15 is 0 Å². The van der Waals surface area contributed by atoms with Gasteiger partial charge in [-0.15, -0.1) is 0 Å². The molecule has 0 fully saturated rings. The number of hydrogen-bond acceptors (Lipinski definition) is 6. The van der Waals surface area contributed by atoms with Crippen LogP contribution in [0.15, 0.2) is 43.5 Å². The molecule has 0 unspecified atom stereocenters. The zero-order valence-electron chi connectivity index (χ0n) is 16.9. The van der Waals surface area contributed by atoms with Crippen molar-refractivity contribution < 1.29 is 33.6 Å². The lowest BCUT2D eigenvalue weighted by molar-refractivity contribution is -0.219. The molecule has 7 nitrogen and oxygen atoms in total. The number of rotatable bonds is 10. The fraction of sp³-hybridized carbons (Fsp3) is 0.227. The molecule has 0 saturated heterocycles. The Kier molecular flexibility index (Phi) is 7.41. The summed E-state index contributed by atoms with van der Waals surface area (Å²) in [5.74, 6) is -0.0361. The molecule has 154 valence electrons. The molecule has 7 heteroatoms. The predicted octanol–water partition coefficient (Wildman–Crippen LogP) is 4.07. The van der Waals surface area contributed by atoms with Gasteiger partial charge in [0.2, 0.25) is 5.75 Å². The van der Waals surface area contributed by atoms with Gasteiger partial charge in [0.25, 0.3) is 0 Å². The molecule has 2 aromatic carbocycles. The molecule has 0 aliphatic carbocycles. The van der Waals surface area contributed by atoms with Gasteiger partial charge in [-0.3, -0.25) is 0 Å². The molecule has 0 bridgehead atoms. The Hall–Kier alpha value is -3.29. The first-order valence-electron chi connectivity index (χ1n) is 8.58. The van der Waals surface area contributed by atoms with Crippen LogP contribution in [-0.2, 0) is 14.3 Å². The van der Waals surface area contributed by atoms with Crippen molar-refractivity contribution >= 4 is 17.6 Å². The van der Waals surface area contributed by atoms with Crippen LogP contribution in [0.1, 0.15) is 11.1 Å². The molecule has 0 amide bonds. The monoisotopic (exact) mass is 400 g/mol. The van der Waals surface area contributed by atoms with Gasteiger partial charge in [-0.25, -0.2) is 4.79 Å². The number of ether oxygens (including phenoxy) is 5. The van der Waals surface area contributed by atoms with Crippen LogP contribution in [0.4, 0.5) is 0 Å². The van der Waals surface area contributed by atoms with Crippen molar-refractivity contribution in [2.45, 2.75) is 6.48 Å². The summed E-state index contributed by atoms with van der Waals surface area (Å²) in [6.07, 6.45) is 1.64. The van der Waals surface area contributed by atoms with E-state index in [1.54, 1.807) is 30.3 Å². The van der Waals surface area contributed by atoms with Crippen molar-refractivity contribution in [3.05, 3.63) is 54.6 Å². The molecule has 1 N–H and O–H groups in total. The lowest BCUT2D eigenvalue weighted by atomic mass is 9.94. The van der Waals surface area contributed by atoms with E-state index in [0.717, 1.165) is 0 Å². The Bertz CT molecular complexity index is 914. The largest absolute Gasteiger partial charge is 0.492 e. The van der Waals surface area contributed by atoms with Gasteiger partial charge in [0.05, 0.1) is 19.8 Å². The summed E-state index contributed by atoms with van der Waals surface area (Å²) in [7, 11) is 5.88. The molecule has 0 aromatic heterocycles. The van der Waals surface area contributed by atoms with Crippen LogP contribution in [0.5, 0.6) is 17.2 Å². The number of carboxylic acids is 1. The zero-order chi connectivity index (χ0) is 21.6. The first-order chi connectivity index (χ1) is 13.9. The Morgan fingerprint density at radius 2 is 1.72 bits per heavy atom. The third-order valence-corrected chi connectivity index (χ3v) is 4.23. The third kappa shape index (κ3) is 4.59. The number of carboxylic acid groups (broad SMARTS) is 1. The van der Waals surface area contributed by atoms with E-state index in [1.807, 2.05) is 6.07 Å². The fourth-order valence-corrected chi connectivity index (χ4v) is 2.85. The van der Waals surface area contributed by atoms with Crippen LogP contribution in [0.25, 0.3) is 22.8 Å². The maximum Gasteiger partial charge on any atom is 0.335 e. The van der Waals surface area contributed by atoms with Crippen LogP contribution in [0.2, 0.25) is 0 Å². The number of benzene rings is 2. The lowest BCUT2D eigenvalue weighted by Crippen LogP contribution is -2.21. The van der Waals surface area contributed by atoms with E-state index < -0.39 is 12.4 Å². The van der Waals surface area contributed by atoms with E-state index in [2.05, 4.69) is 13.2 Å². The smallest absolute Gasteiger partial charge is 0.335 e. The van der Waals surface area contributed by atoms with Gasteiger partial charge < -0.3 is 28.8 Å². The molecule has 2 aromatic rings. The van der Waals surface area contributed by atoms with Gasteiger partial charge in [-0.1, -0.05) is 37.4 Å². The van der Waals surface area contributed by atoms with Gasteiger partial charge in [-0.2, -0.15) is 0 Å². The topological polar surface area (TPSA) is 83.5 Å². The van der Waals surface area contributed by atoms with Crippen molar-refractivity contribution in [2.75, 3.05) is 28.4 Å². The van der Waals surface area contributed by atoms with Crippen molar-refractivity contribution in [1.29, 1.82) is 0 Å². The van der Waals surface area contributed by atoms with Gasteiger partial charge >= 0.3 is 12.4 Å². The van der Waals surface area contributed by atoms with E-state index in [4.69, 9.17) is 23.7 Å². The molecule has 0 saturated carbocycles. The molecule has 0 heterocycles. The molecule has 29 heavy (non-hydrogen) atoms. The average molecular weight is 400 g/mol. The second kappa shape index (κ2) is 9.77. The van der Waals surface area contributed by atoms with Gasteiger partial charge in [0.1, 0.15) is 0 Å². The molecular formula is C22H24O7. The SMILES string of the molecule is C=Cc1cc(OC(OC)OC)c(OC)c(OC)c1-c1cccc(C(=C)C(=O)O)c1. The number of carbonyl (C=O) groups is 1.